The van der Waals surface area contributed by atoms with Gasteiger partial charge in [-0.1, -0.05) is 18.2 Å². The number of nitrogens with zero attached hydrogens (tertiary/aromatic N) is 2. The first kappa shape index (κ1) is 18.7. The number of ether oxygens (including phenoxy) is 1. The fourth-order valence-electron chi connectivity index (χ4n) is 1.88. The second-order valence-electron chi connectivity index (χ2n) is 4.42. The largest absolute Gasteiger partial charge is 0.388 e. The lowest BCUT2D eigenvalue weighted by Crippen LogP contribution is -1.87. The third kappa shape index (κ3) is 5.43. The summed E-state index contributed by atoms with van der Waals surface area (Å²) in [6, 6.07) is 13.3. The van der Waals surface area contributed by atoms with Gasteiger partial charge in [-0.05, 0) is 24.3 Å². The molecule has 0 unspecified atom stereocenters. The molecule has 0 aliphatic heterocycles. The van der Waals surface area contributed by atoms with Crippen molar-refractivity contribution in [2.45, 2.75) is 0 Å². The molecule has 0 N–H and O–H groups in total. The second-order valence-corrected chi connectivity index (χ2v) is 4.42. The first-order valence-electron chi connectivity index (χ1n) is 6.83. The molecule has 2 aromatic heterocycles. The topological polar surface area (TPSA) is 52.1 Å². The Bertz CT molecular complexity index is 733. The van der Waals surface area contributed by atoms with Crippen LogP contribution in [0.15, 0.2) is 54.9 Å². The molecule has 0 atom stereocenters. The van der Waals surface area contributed by atoms with Crippen LogP contribution < -0.4 is 0 Å². The quantitative estimate of drug-likeness (QED) is 0.521. The molecule has 0 aliphatic carbocycles. The lowest BCUT2D eigenvalue weighted by Gasteiger charge is -2.03. The summed E-state index contributed by atoms with van der Waals surface area (Å²) in [6.07, 6.45) is 5.81. The number of hydrogen-bond acceptors (Lipinski definition) is 4. The van der Waals surface area contributed by atoms with E-state index in [1.807, 2.05) is 30.3 Å². The normalized spacial score (nSPS) is 9.22. The Kier molecular flexibility index (Phi) is 8.50. The van der Waals surface area contributed by atoms with Gasteiger partial charge in [0.05, 0.1) is 11.2 Å². The first-order chi connectivity index (χ1) is 11.3. The van der Waals surface area contributed by atoms with Crippen LogP contribution in [0.5, 0.6) is 0 Å². The van der Waals surface area contributed by atoms with E-state index in [9.17, 15) is 4.79 Å². The molecule has 0 radical (unpaired) electrons. The van der Waals surface area contributed by atoms with Gasteiger partial charge in [-0.2, -0.15) is 0 Å². The summed E-state index contributed by atoms with van der Waals surface area (Å²) in [5.74, 6) is 0. The highest BCUT2D eigenvalue weighted by molar-refractivity contribution is 6.15. The van der Waals surface area contributed by atoms with E-state index in [-0.39, 0.29) is 0 Å². The molecule has 120 valence electrons. The number of rotatable bonds is 2. The Morgan fingerprint density at radius 3 is 2.39 bits per heavy atom. The third-order valence-electron chi connectivity index (χ3n) is 2.81. The van der Waals surface area contributed by atoms with E-state index in [1.165, 1.54) is 6.38 Å². The summed E-state index contributed by atoms with van der Waals surface area (Å²) in [7, 11) is 3.25. The Labute approximate surface area is 141 Å². The number of benzene rings is 1. The zero-order valence-electron chi connectivity index (χ0n) is 13.4. The SMILES string of the molecule is CCl.COC.O=Cc1ccc2ccc(-c3cccnc3)nc2c1. The molecule has 0 saturated carbocycles. The van der Waals surface area contributed by atoms with Gasteiger partial charge in [-0.3, -0.25) is 9.78 Å². The maximum atomic E-state index is 10.8. The van der Waals surface area contributed by atoms with Gasteiger partial charge in [0.15, 0.2) is 0 Å². The van der Waals surface area contributed by atoms with Crippen LogP contribution in [0.3, 0.4) is 0 Å². The number of alkyl halides is 1. The molecule has 3 rings (SSSR count). The van der Waals surface area contributed by atoms with Crippen molar-refractivity contribution >= 4 is 28.8 Å². The Morgan fingerprint density at radius 2 is 1.78 bits per heavy atom. The van der Waals surface area contributed by atoms with Gasteiger partial charge in [-0.25, -0.2) is 4.98 Å². The van der Waals surface area contributed by atoms with E-state index in [1.54, 1.807) is 38.7 Å². The predicted octanol–water partition coefficient (Wildman–Crippen LogP) is 4.23. The molecular weight excluding hydrogens is 312 g/mol. The van der Waals surface area contributed by atoms with Crippen LogP contribution >= 0.6 is 11.6 Å². The summed E-state index contributed by atoms with van der Waals surface area (Å²) in [5, 5.41) is 1.02. The number of carbonyl (C=O) groups is 1. The van der Waals surface area contributed by atoms with Gasteiger partial charge < -0.3 is 4.74 Å². The highest BCUT2D eigenvalue weighted by Crippen LogP contribution is 2.20. The molecule has 0 fully saturated rings. The molecule has 4 nitrogen and oxygen atoms in total. The summed E-state index contributed by atoms with van der Waals surface area (Å²) >= 11 is 4.64. The minimum absolute atomic E-state index is 0.637. The van der Waals surface area contributed by atoms with Crippen molar-refractivity contribution in [3.05, 3.63) is 60.4 Å². The maximum Gasteiger partial charge on any atom is 0.150 e. The van der Waals surface area contributed by atoms with Crippen LogP contribution in [-0.4, -0.2) is 36.9 Å². The van der Waals surface area contributed by atoms with Gasteiger partial charge in [0.1, 0.15) is 6.29 Å². The van der Waals surface area contributed by atoms with E-state index in [0.29, 0.717) is 5.56 Å². The number of carbonyl (C=O) groups excluding carboxylic acids is 1. The molecule has 3 aromatic rings. The number of methoxy groups -OCH3 is 1. The lowest BCUT2D eigenvalue weighted by atomic mass is 10.1. The van der Waals surface area contributed by atoms with Crippen molar-refractivity contribution in [1.82, 2.24) is 9.97 Å². The van der Waals surface area contributed by atoms with E-state index >= 15 is 0 Å². The van der Waals surface area contributed by atoms with Crippen LogP contribution in [0, 0.1) is 0 Å². The lowest BCUT2D eigenvalue weighted by molar-refractivity contribution is 0.112. The van der Waals surface area contributed by atoms with Crippen LogP contribution in [-0.2, 0) is 4.74 Å². The fraction of sp³-hybridized carbons (Fsp3) is 0.167. The highest BCUT2D eigenvalue weighted by atomic mass is 35.5. The van der Waals surface area contributed by atoms with Gasteiger partial charge >= 0.3 is 0 Å². The van der Waals surface area contributed by atoms with Gasteiger partial charge in [0.2, 0.25) is 0 Å². The average Bonchev–Trinajstić information content (AvgIpc) is 2.64. The summed E-state index contributed by atoms with van der Waals surface area (Å²) < 4.78 is 4.25. The zero-order valence-corrected chi connectivity index (χ0v) is 14.1. The van der Waals surface area contributed by atoms with E-state index in [2.05, 4.69) is 26.3 Å². The monoisotopic (exact) mass is 330 g/mol. The predicted molar refractivity (Wildman–Crippen MR) is 95.1 cm³/mol. The molecular formula is C18H19ClN2O2. The Hall–Kier alpha value is -2.30. The minimum atomic E-state index is 0.637. The Balaban J connectivity index is 0.000000477. The van der Waals surface area contributed by atoms with Crippen molar-refractivity contribution in [3.63, 3.8) is 0 Å². The molecule has 0 saturated heterocycles. The van der Waals surface area contributed by atoms with Crippen LogP contribution in [0.2, 0.25) is 0 Å². The van der Waals surface area contributed by atoms with Crippen LogP contribution in [0.25, 0.3) is 22.2 Å². The molecule has 5 heteroatoms. The van der Waals surface area contributed by atoms with Gasteiger partial charge in [-0.15, -0.1) is 11.6 Å². The highest BCUT2D eigenvalue weighted by Gasteiger charge is 2.02. The molecule has 0 spiro atoms. The average molecular weight is 331 g/mol. The third-order valence-corrected chi connectivity index (χ3v) is 2.81. The first-order valence-corrected chi connectivity index (χ1v) is 7.58. The molecule has 2 heterocycles. The molecule has 0 aliphatic rings. The Morgan fingerprint density at radius 1 is 1.09 bits per heavy atom. The van der Waals surface area contributed by atoms with Gasteiger partial charge in [0, 0.05) is 49.5 Å². The molecule has 23 heavy (non-hydrogen) atoms. The zero-order chi connectivity index (χ0) is 17.1. The minimum Gasteiger partial charge on any atom is -0.388 e. The van der Waals surface area contributed by atoms with Crippen molar-refractivity contribution in [3.8, 4) is 11.3 Å². The molecule has 0 amide bonds. The maximum absolute atomic E-state index is 10.8. The van der Waals surface area contributed by atoms with Crippen molar-refractivity contribution < 1.29 is 9.53 Å². The van der Waals surface area contributed by atoms with Gasteiger partial charge in [0.25, 0.3) is 0 Å². The van der Waals surface area contributed by atoms with Crippen LogP contribution in [0.1, 0.15) is 10.4 Å². The molecule has 1 aromatic carbocycles. The number of halogens is 1. The summed E-state index contributed by atoms with van der Waals surface area (Å²) in [4.78, 5) is 19.4. The van der Waals surface area contributed by atoms with E-state index < -0.39 is 0 Å². The standard InChI is InChI=1S/C15H10N2O.C2H6O.CH3Cl/c18-10-11-3-4-12-5-6-14(17-15(12)8-11)13-2-1-7-16-9-13;1-3-2;1-2/h1-10H;1-2H3;1H3. The smallest absolute Gasteiger partial charge is 0.150 e. The number of pyridine rings is 2. The van der Waals surface area contributed by atoms with Crippen molar-refractivity contribution in [1.29, 1.82) is 0 Å². The number of fused-ring (bicyclic) bond motifs is 1. The molecule has 0 bridgehead atoms. The van der Waals surface area contributed by atoms with Crippen LogP contribution in [0.4, 0.5) is 0 Å². The fourth-order valence-corrected chi connectivity index (χ4v) is 1.88. The number of aromatic nitrogens is 2. The van der Waals surface area contributed by atoms with E-state index in [4.69, 9.17) is 0 Å². The summed E-state index contributed by atoms with van der Waals surface area (Å²) in [6.45, 7) is 0. The second kappa shape index (κ2) is 10.4. The van der Waals surface area contributed by atoms with Crippen molar-refractivity contribution in [2.75, 3.05) is 20.6 Å². The van der Waals surface area contributed by atoms with Crippen molar-refractivity contribution in [2.24, 2.45) is 0 Å². The number of hydrogen-bond donors (Lipinski definition) is 0. The van der Waals surface area contributed by atoms with E-state index in [0.717, 1.165) is 28.4 Å². The number of aldehydes is 1. The summed E-state index contributed by atoms with van der Waals surface area (Å²) in [5.41, 5.74) is 3.29.